The number of carbonyl (C=O) groups excluding carboxylic acids is 1. The fourth-order valence-corrected chi connectivity index (χ4v) is 4.66. The molecule has 0 aliphatic carbocycles. The van der Waals surface area contributed by atoms with Crippen molar-refractivity contribution in [2.75, 3.05) is 46.7 Å². The van der Waals surface area contributed by atoms with Gasteiger partial charge in [0.05, 0.1) is 5.71 Å². The molecule has 37 heavy (non-hydrogen) atoms. The molecule has 0 unspecified atom stereocenters. The molecule has 3 aromatic rings. The molecule has 2 aliphatic heterocycles. The number of nitrogens with one attached hydrogen (secondary N) is 2. The maximum absolute atomic E-state index is 12.4. The molecule has 5 rings (SSSR count). The van der Waals surface area contributed by atoms with E-state index in [1.54, 1.807) is 12.1 Å². The van der Waals surface area contributed by atoms with Gasteiger partial charge in [0.1, 0.15) is 0 Å². The van der Waals surface area contributed by atoms with Crippen LogP contribution in [0.1, 0.15) is 61.4 Å². The van der Waals surface area contributed by atoms with E-state index in [-0.39, 0.29) is 5.91 Å². The van der Waals surface area contributed by atoms with Crippen LogP contribution in [0.3, 0.4) is 0 Å². The molecule has 2 aromatic carbocycles. The highest BCUT2D eigenvalue weighted by Crippen LogP contribution is 2.22. The third-order valence-electron chi connectivity index (χ3n) is 6.81. The summed E-state index contributed by atoms with van der Waals surface area (Å²) >= 11 is 0. The van der Waals surface area contributed by atoms with Crippen molar-refractivity contribution < 1.29 is 4.79 Å². The number of nitrogens with zero attached hydrogens (tertiary/aromatic N) is 6. The molecule has 2 saturated heterocycles. The van der Waals surface area contributed by atoms with Crippen LogP contribution in [0.15, 0.2) is 59.7 Å². The van der Waals surface area contributed by atoms with Crippen molar-refractivity contribution in [2.24, 2.45) is 5.10 Å². The highest BCUT2D eigenvalue weighted by atomic mass is 16.1. The van der Waals surface area contributed by atoms with E-state index in [1.807, 2.05) is 49.4 Å². The fourth-order valence-electron chi connectivity index (χ4n) is 4.66. The highest BCUT2D eigenvalue weighted by Gasteiger charge is 2.20. The second-order valence-electron chi connectivity index (χ2n) is 9.56. The molecule has 9 nitrogen and oxygen atoms in total. The Hall–Kier alpha value is -4.01. The van der Waals surface area contributed by atoms with E-state index in [0.29, 0.717) is 11.5 Å². The lowest BCUT2D eigenvalue weighted by Gasteiger charge is -2.30. The van der Waals surface area contributed by atoms with Gasteiger partial charge >= 0.3 is 0 Å². The van der Waals surface area contributed by atoms with E-state index in [1.165, 1.54) is 12.8 Å². The average Bonchev–Trinajstić information content (AvgIpc) is 2.97. The molecule has 0 radical (unpaired) electrons. The molecular weight excluding hydrogens is 464 g/mol. The smallest absolute Gasteiger partial charge is 0.255 e. The number of hydrogen-bond acceptors (Lipinski definition) is 8. The number of piperidine rings is 2. The van der Waals surface area contributed by atoms with E-state index in [9.17, 15) is 4.79 Å². The molecule has 2 fully saturated rings. The van der Waals surface area contributed by atoms with Crippen LogP contribution in [0, 0.1) is 0 Å². The summed E-state index contributed by atoms with van der Waals surface area (Å²) in [7, 11) is 0. The molecular formula is C28H34N8O. The molecule has 0 saturated carbocycles. The van der Waals surface area contributed by atoms with Gasteiger partial charge < -0.3 is 15.1 Å². The van der Waals surface area contributed by atoms with Gasteiger partial charge in [-0.05, 0) is 75.3 Å². The van der Waals surface area contributed by atoms with Gasteiger partial charge in [-0.25, -0.2) is 5.43 Å². The Bertz CT molecular complexity index is 1180. The van der Waals surface area contributed by atoms with Crippen molar-refractivity contribution in [1.82, 2.24) is 15.0 Å². The molecule has 3 heterocycles. The lowest BCUT2D eigenvalue weighted by atomic mass is 10.1. The van der Waals surface area contributed by atoms with Crippen molar-refractivity contribution in [1.29, 1.82) is 0 Å². The zero-order valence-corrected chi connectivity index (χ0v) is 21.4. The number of hydrogen-bond donors (Lipinski definition) is 2. The lowest BCUT2D eigenvalue weighted by Crippen LogP contribution is -2.34. The number of benzene rings is 2. The van der Waals surface area contributed by atoms with Crippen LogP contribution in [0.25, 0.3) is 0 Å². The van der Waals surface area contributed by atoms with Crippen LogP contribution in [0.4, 0.5) is 23.5 Å². The van der Waals surface area contributed by atoms with E-state index in [4.69, 9.17) is 15.0 Å². The van der Waals surface area contributed by atoms with Crippen molar-refractivity contribution >= 4 is 35.2 Å². The largest absolute Gasteiger partial charge is 0.341 e. The number of amides is 1. The minimum Gasteiger partial charge on any atom is -0.341 e. The van der Waals surface area contributed by atoms with Crippen LogP contribution < -0.4 is 20.5 Å². The standard InChI is InChI=1S/C28H34N8O/c1-21(22-13-15-24(16-14-22)29-25(37)23-11-5-2-6-12-23)33-34-26-30-27(35-17-7-3-8-18-35)32-28(31-26)36-19-9-4-10-20-36/h2,5-6,11-16H,3-4,7-10,17-20H2,1H3,(H,29,37)(H,30,31,32,34). The van der Waals surface area contributed by atoms with Gasteiger partial charge in [-0.2, -0.15) is 20.1 Å². The lowest BCUT2D eigenvalue weighted by molar-refractivity contribution is 0.102. The summed E-state index contributed by atoms with van der Waals surface area (Å²) in [5, 5.41) is 7.49. The van der Waals surface area contributed by atoms with Crippen molar-refractivity contribution in [3.63, 3.8) is 0 Å². The SMILES string of the molecule is CC(=NNc1nc(N2CCCCC2)nc(N2CCCCC2)n1)c1ccc(NC(=O)c2ccccc2)cc1. The first-order valence-electron chi connectivity index (χ1n) is 13.2. The van der Waals surface area contributed by atoms with Gasteiger partial charge in [-0.15, -0.1) is 0 Å². The Morgan fingerprint density at radius 3 is 1.86 bits per heavy atom. The second kappa shape index (κ2) is 11.8. The minimum atomic E-state index is -0.135. The topological polar surface area (TPSA) is 98.6 Å². The molecule has 1 aromatic heterocycles. The normalized spacial score (nSPS) is 16.4. The zero-order chi connectivity index (χ0) is 25.5. The number of anilines is 4. The third-order valence-corrected chi connectivity index (χ3v) is 6.81. The predicted octanol–water partition coefficient (Wildman–Crippen LogP) is 4.94. The van der Waals surface area contributed by atoms with Crippen molar-refractivity contribution in [3.05, 3.63) is 65.7 Å². The first-order valence-corrected chi connectivity index (χ1v) is 13.2. The third kappa shape index (κ3) is 6.41. The molecule has 0 spiro atoms. The highest BCUT2D eigenvalue weighted by molar-refractivity contribution is 6.04. The summed E-state index contributed by atoms with van der Waals surface area (Å²) in [6.45, 7) is 5.82. The van der Waals surface area contributed by atoms with Gasteiger partial charge in [0, 0.05) is 37.4 Å². The summed E-state index contributed by atoms with van der Waals surface area (Å²) in [5.74, 6) is 1.78. The second-order valence-corrected chi connectivity index (χ2v) is 9.56. The average molecular weight is 499 g/mol. The van der Waals surface area contributed by atoms with Crippen molar-refractivity contribution in [3.8, 4) is 0 Å². The quantitative estimate of drug-likeness (QED) is 0.352. The van der Waals surface area contributed by atoms with Crippen LogP contribution in [-0.2, 0) is 0 Å². The molecule has 2 aliphatic rings. The first kappa shape index (κ1) is 24.7. The summed E-state index contributed by atoms with van der Waals surface area (Å²) in [5.41, 5.74) is 6.16. The molecule has 1 amide bonds. The number of aromatic nitrogens is 3. The Morgan fingerprint density at radius 1 is 0.730 bits per heavy atom. The van der Waals surface area contributed by atoms with Crippen LogP contribution in [-0.4, -0.2) is 52.7 Å². The summed E-state index contributed by atoms with van der Waals surface area (Å²) in [4.78, 5) is 31.1. The predicted molar refractivity (Wildman–Crippen MR) is 149 cm³/mol. The Balaban J connectivity index is 1.29. The molecule has 9 heteroatoms. The number of hydrazone groups is 1. The fraction of sp³-hybridized carbons (Fsp3) is 0.393. The van der Waals surface area contributed by atoms with E-state index in [0.717, 1.165) is 80.7 Å². The zero-order valence-electron chi connectivity index (χ0n) is 21.4. The summed E-state index contributed by atoms with van der Waals surface area (Å²) < 4.78 is 0. The van der Waals surface area contributed by atoms with Gasteiger partial charge in [0.15, 0.2) is 0 Å². The van der Waals surface area contributed by atoms with Gasteiger partial charge in [-0.3, -0.25) is 4.79 Å². The molecule has 192 valence electrons. The summed E-state index contributed by atoms with van der Waals surface area (Å²) in [6.07, 6.45) is 7.14. The monoisotopic (exact) mass is 498 g/mol. The molecule has 2 N–H and O–H groups in total. The van der Waals surface area contributed by atoms with Crippen LogP contribution in [0.5, 0.6) is 0 Å². The maximum Gasteiger partial charge on any atom is 0.255 e. The summed E-state index contributed by atoms with van der Waals surface area (Å²) in [6, 6.07) is 16.8. The van der Waals surface area contributed by atoms with Crippen LogP contribution in [0.2, 0.25) is 0 Å². The Morgan fingerprint density at radius 2 is 1.30 bits per heavy atom. The van der Waals surface area contributed by atoms with Crippen LogP contribution >= 0.6 is 0 Å². The van der Waals surface area contributed by atoms with Gasteiger partial charge in [0.25, 0.3) is 5.91 Å². The van der Waals surface area contributed by atoms with Crippen molar-refractivity contribution in [2.45, 2.75) is 45.4 Å². The number of carbonyl (C=O) groups is 1. The first-order chi connectivity index (χ1) is 18.2. The number of rotatable bonds is 7. The maximum atomic E-state index is 12.4. The molecule has 0 atom stereocenters. The van der Waals surface area contributed by atoms with E-state index >= 15 is 0 Å². The molecule has 0 bridgehead atoms. The van der Waals surface area contributed by atoms with E-state index < -0.39 is 0 Å². The van der Waals surface area contributed by atoms with Gasteiger partial charge in [0.2, 0.25) is 17.8 Å². The minimum absolute atomic E-state index is 0.135. The van der Waals surface area contributed by atoms with E-state index in [2.05, 4.69) is 25.6 Å². The van der Waals surface area contributed by atoms with Gasteiger partial charge in [-0.1, -0.05) is 30.3 Å². The Labute approximate surface area is 218 Å². The Kier molecular flexibility index (Phi) is 7.88.